The van der Waals surface area contributed by atoms with Gasteiger partial charge >= 0.3 is 0 Å². The van der Waals surface area contributed by atoms with Gasteiger partial charge in [0, 0.05) is 31.0 Å². The van der Waals surface area contributed by atoms with Crippen LogP contribution in [0.4, 0.5) is 5.69 Å². The number of non-ortho nitro benzene ring substituents is 1. The molecule has 0 amide bonds. The minimum atomic E-state index is -0.408. The average Bonchev–Trinajstić information content (AvgIpc) is 3.04. The molecule has 1 N–H and O–H groups in total. The number of rotatable bonds is 8. The second-order valence-corrected chi connectivity index (χ2v) is 6.40. The molecule has 1 aromatic carbocycles. The van der Waals surface area contributed by atoms with Crippen molar-refractivity contribution in [3.05, 3.63) is 52.6 Å². The highest BCUT2D eigenvalue weighted by atomic mass is 32.2. The van der Waals surface area contributed by atoms with Crippen LogP contribution in [0.5, 0.6) is 0 Å². The quantitative estimate of drug-likeness (QED) is 0.217. The third-order valence-electron chi connectivity index (χ3n) is 3.70. The van der Waals surface area contributed by atoms with Crippen molar-refractivity contribution >= 4 is 28.6 Å². The molecule has 0 unspecified atom stereocenters. The summed E-state index contributed by atoms with van der Waals surface area (Å²) in [7, 11) is 0. The zero-order chi connectivity index (χ0) is 17.6. The van der Waals surface area contributed by atoms with E-state index in [1.54, 1.807) is 18.5 Å². The number of nitro benzene ring substituents is 1. The number of imidazole rings is 1. The molecule has 0 atom stereocenters. The number of hydrogen-bond acceptors (Lipinski definition) is 7. The first-order valence-corrected chi connectivity index (χ1v) is 8.80. The van der Waals surface area contributed by atoms with E-state index in [0.717, 1.165) is 41.1 Å². The van der Waals surface area contributed by atoms with E-state index in [1.807, 2.05) is 4.57 Å². The van der Waals surface area contributed by atoms with Gasteiger partial charge in [-0.25, -0.2) is 15.0 Å². The van der Waals surface area contributed by atoms with Crippen LogP contribution in [0.2, 0.25) is 0 Å². The summed E-state index contributed by atoms with van der Waals surface area (Å²) in [6, 6.07) is 6.50. The van der Waals surface area contributed by atoms with Gasteiger partial charge in [0.15, 0.2) is 5.65 Å². The number of aryl methyl sites for hydroxylation is 1. The van der Waals surface area contributed by atoms with Gasteiger partial charge in [0.1, 0.15) is 16.9 Å². The molecule has 0 radical (unpaired) electrons. The Bertz CT molecular complexity index is 866. The molecule has 130 valence electrons. The summed E-state index contributed by atoms with van der Waals surface area (Å²) in [5, 5.41) is 20.4. The number of fused-ring (bicyclic) bond motifs is 1. The lowest BCUT2D eigenvalue weighted by Gasteiger charge is -2.04. The number of nitrogens with zero attached hydrogens (tertiary/aromatic N) is 5. The van der Waals surface area contributed by atoms with Gasteiger partial charge in [-0.1, -0.05) is 23.9 Å². The number of aliphatic hydroxyl groups is 1. The van der Waals surface area contributed by atoms with E-state index >= 15 is 0 Å². The Hall–Kier alpha value is -2.52. The summed E-state index contributed by atoms with van der Waals surface area (Å²) in [5.74, 6) is 0.640. The summed E-state index contributed by atoms with van der Waals surface area (Å²) in [4.78, 5) is 23.3. The predicted octanol–water partition coefficient (Wildman–Crippen LogP) is 2.80. The number of aliphatic hydroxyl groups excluding tert-OH is 1. The first-order valence-electron chi connectivity index (χ1n) is 7.82. The maximum atomic E-state index is 10.7. The maximum Gasteiger partial charge on any atom is 0.269 e. The molecular weight excluding hydrogens is 342 g/mol. The summed E-state index contributed by atoms with van der Waals surface area (Å²) in [6.45, 7) is 0.929. The predicted molar refractivity (Wildman–Crippen MR) is 94.3 cm³/mol. The first kappa shape index (κ1) is 17.3. The molecule has 2 aromatic heterocycles. The molecule has 3 rings (SSSR count). The van der Waals surface area contributed by atoms with E-state index in [9.17, 15) is 10.1 Å². The van der Waals surface area contributed by atoms with Gasteiger partial charge in [0.2, 0.25) is 0 Å². The maximum absolute atomic E-state index is 10.7. The zero-order valence-electron chi connectivity index (χ0n) is 13.4. The molecule has 25 heavy (non-hydrogen) atoms. The third-order valence-corrected chi connectivity index (χ3v) is 4.75. The lowest BCUT2D eigenvalue weighted by molar-refractivity contribution is -0.384. The standard InChI is InChI=1S/C16H17N5O3S/c22-8-2-1-7-20-11-19-14-15(20)17-10-18-16(14)25-9-12-3-5-13(6-4-12)21(23)24/h3-6,10-11,22H,1-2,7-9H2. The Morgan fingerprint density at radius 3 is 2.68 bits per heavy atom. The van der Waals surface area contributed by atoms with E-state index in [4.69, 9.17) is 5.11 Å². The Labute approximate surface area is 148 Å². The van der Waals surface area contributed by atoms with Gasteiger partial charge < -0.3 is 9.67 Å². The van der Waals surface area contributed by atoms with Gasteiger partial charge in [-0.05, 0) is 18.4 Å². The van der Waals surface area contributed by atoms with Crippen LogP contribution in [0.1, 0.15) is 18.4 Å². The average molecular weight is 359 g/mol. The first-order chi connectivity index (χ1) is 12.2. The van der Waals surface area contributed by atoms with Gasteiger partial charge in [0.25, 0.3) is 5.69 Å². The lowest BCUT2D eigenvalue weighted by Crippen LogP contribution is -1.99. The van der Waals surface area contributed by atoms with Crippen LogP contribution >= 0.6 is 11.8 Å². The lowest BCUT2D eigenvalue weighted by atomic mass is 10.2. The Balaban J connectivity index is 1.72. The van der Waals surface area contributed by atoms with Crippen LogP contribution < -0.4 is 0 Å². The molecular formula is C16H17N5O3S. The topological polar surface area (TPSA) is 107 Å². The van der Waals surface area contributed by atoms with Gasteiger partial charge in [-0.3, -0.25) is 10.1 Å². The molecule has 0 saturated carbocycles. The van der Waals surface area contributed by atoms with Gasteiger partial charge in [-0.2, -0.15) is 0 Å². The molecule has 0 aliphatic heterocycles. The number of unbranched alkanes of at least 4 members (excludes halogenated alkanes) is 1. The smallest absolute Gasteiger partial charge is 0.269 e. The molecule has 0 aliphatic carbocycles. The Morgan fingerprint density at radius 1 is 1.16 bits per heavy atom. The number of aromatic nitrogens is 4. The van der Waals surface area contributed by atoms with Crippen molar-refractivity contribution in [3.63, 3.8) is 0 Å². The van der Waals surface area contributed by atoms with E-state index in [0.29, 0.717) is 5.75 Å². The fraction of sp³-hybridized carbons (Fsp3) is 0.312. The fourth-order valence-electron chi connectivity index (χ4n) is 2.39. The van der Waals surface area contributed by atoms with Crippen LogP contribution in [0.3, 0.4) is 0 Å². The molecule has 9 heteroatoms. The van der Waals surface area contributed by atoms with Crippen LogP contribution in [0, 0.1) is 10.1 Å². The molecule has 3 aromatic rings. The Kier molecular flexibility index (Phi) is 5.56. The second kappa shape index (κ2) is 8.04. The van der Waals surface area contributed by atoms with Crippen molar-refractivity contribution in [2.75, 3.05) is 6.61 Å². The van der Waals surface area contributed by atoms with E-state index in [1.165, 1.54) is 30.2 Å². The van der Waals surface area contributed by atoms with Crippen molar-refractivity contribution in [2.24, 2.45) is 0 Å². The second-order valence-electron chi connectivity index (χ2n) is 5.43. The van der Waals surface area contributed by atoms with E-state index < -0.39 is 4.92 Å². The van der Waals surface area contributed by atoms with Crippen molar-refractivity contribution in [1.82, 2.24) is 19.5 Å². The van der Waals surface area contributed by atoms with Crippen LogP contribution in [-0.4, -0.2) is 36.2 Å². The fourth-order valence-corrected chi connectivity index (χ4v) is 3.29. The highest BCUT2D eigenvalue weighted by Gasteiger charge is 2.11. The summed E-state index contributed by atoms with van der Waals surface area (Å²) < 4.78 is 1.96. The summed E-state index contributed by atoms with van der Waals surface area (Å²) in [5.41, 5.74) is 2.59. The van der Waals surface area contributed by atoms with Crippen LogP contribution in [0.15, 0.2) is 41.9 Å². The SMILES string of the molecule is O=[N+]([O-])c1ccc(CSc2ncnc3c2ncn3CCCCO)cc1. The molecule has 0 fully saturated rings. The minimum Gasteiger partial charge on any atom is -0.396 e. The molecule has 0 aliphatic rings. The van der Waals surface area contributed by atoms with Crippen LogP contribution in [0.25, 0.3) is 11.2 Å². The highest BCUT2D eigenvalue weighted by molar-refractivity contribution is 7.98. The Morgan fingerprint density at radius 2 is 1.96 bits per heavy atom. The normalized spacial score (nSPS) is 11.1. The number of hydrogen-bond donors (Lipinski definition) is 1. The number of benzene rings is 1. The largest absolute Gasteiger partial charge is 0.396 e. The van der Waals surface area contributed by atoms with Crippen molar-refractivity contribution in [3.8, 4) is 0 Å². The van der Waals surface area contributed by atoms with Crippen molar-refractivity contribution < 1.29 is 10.0 Å². The molecule has 8 nitrogen and oxygen atoms in total. The van der Waals surface area contributed by atoms with E-state index in [2.05, 4.69) is 15.0 Å². The van der Waals surface area contributed by atoms with E-state index in [-0.39, 0.29) is 12.3 Å². The highest BCUT2D eigenvalue weighted by Crippen LogP contribution is 2.27. The summed E-state index contributed by atoms with van der Waals surface area (Å²) >= 11 is 1.52. The van der Waals surface area contributed by atoms with Gasteiger partial charge in [-0.15, -0.1) is 0 Å². The molecule has 0 spiro atoms. The van der Waals surface area contributed by atoms with Crippen molar-refractivity contribution in [2.45, 2.75) is 30.2 Å². The summed E-state index contributed by atoms with van der Waals surface area (Å²) in [6.07, 6.45) is 4.86. The number of thioether (sulfide) groups is 1. The molecule has 0 saturated heterocycles. The van der Waals surface area contributed by atoms with Crippen LogP contribution in [-0.2, 0) is 12.3 Å². The molecule has 0 bridgehead atoms. The molecule has 2 heterocycles. The van der Waals surface area contributed by atoms with Gasteiger partial charge in [0.05, 0.1) is 11.3 Å². The number of nitro groups is 1. The minimum absolute atomic E-state index is 0.0831. The monoisotopic (exact) mass is 359 g/mol. The zero-order valence-corrected chi connectivity index (χ0v) is 14.2. The third kappa shape index (κ3) is 4.12. The van der Waals surface area contributed by atoms with Crippen molar-refractivity contribution in [1.29, 1.82) is 0 Å².